The molecule has 0 saturated carbocycles. The Hall–Kier alpha value is -0.170. The summed E-state index contributed by atoms with van der Waals surface area (Å²) in [7, 11) is -3.21. The van der Waals surface area contributed by atoms with Crippen LogP contribution in [0.5, 0.6) is 0 Å². The Bertz CT molecular complexity index is 369. The highest BCUT2D eigenvalue weighted by atomic mass is 32.2. The van der Waals surface area contributed by atoms with Crippen LogP contribution in [0.4, 0.5) is 0 Å². The highest BCUT2D eigenvalue weighted by Crippen LogP contribution is 2.23. The topological polar surface area (TPSA) is 52.7 Å². The summed E-state index contributed by atoms with van der Waals surface area (Å²) >= 11 is 0. The normalized spacial score (nSPS) is 25.8. The van der Waals surface area contributed by atoms with Gasteiger partial charge < -0.3 is 5.32 Å². The van der Waals surface area contributed by atoms with E-state index in [4.69, 9.17) is 0 Å². The van der Waals surface area contributed by atoms with E-state index in [9.17, 15) is 8.42 Å². The average molecular weight is 289 g/mol. The summed E-state index contributed by atoms with van der Waals surface area (Å²) in [6.07, 6.45) is 3.84. The molecule has 6 heteroatoms. The Morgan fingerprint density at radius 3 is 1.95 bits per heavy atom. The fourth-order valence-corrected chi connectivity index (χ4v) is 4.63. The predicted octanol–water partition coefficient (Wildman–Crippen LogP) is 1.04. The smallest absolute Gasteiger partial charge is 0.281 e. The second-order valence-electron chi connectivity index (χ2n) is 5.82. The molecule has 0 aliphatic carbocycles. The lowest BCUT2D eigenvalue weighted by Crippen LogP contribution is -2.51. The van der Waals surface area contributed by atoms with Gasteiger partial charge in [-0.2, -0.15) is 17.0 Å². The Morgan fingerprint density at radius 2 is 1.47 bits per heavy atom. The fourth-order valence-electron chi connectivity index (χ4n) is 2.96. The molecule has 0 aromatic carbocycles. The molecule has 1 N–H and O–H groups in total. The first-order chi connectivity index (χ1) is 9.04. The van der Waals surface area contributed by atoms with E-state index in [-0.39, 0.29) is 0 Å². The highest BCUT2D eigenvalue weighted by Gasteiger charge is 2.34. The summed E-state index contributed by atoms with van der Waals surface area (Å²) < 4.78 is 28.4. The molecule has 2 rings (SSSR count). The predicted molar refractivity (Wildman–Crippen MR) is 77.2 cm³/mol. The third kappa shape index (κ3) is 3.68. The summed E-state index contributed by atoms with van der Waals surface area (Å²) in [5, 5.41) is 3.41. The van der Waals surface area contributed by atoms with Gasteiger partial charge in [-0.15, -0.1) is 0 Å². The molecule has 0 radical (unpaired) electrons. The minimum Gasteiger partial charge on any atom is -0.314 e. The first-order valence-corrected chi connectivity index (χ1v) is 8.92. The van der Waals surface area contributed by atoms with Gasteiger partial charge in [0.1, 0.15) is 0 Å². The van der Waals surface area contributed by atoms with Gasteiger partial charge in [-0.25, -0.2) is 0 Å². The van der Waals surface area contributed by atoms with E-state index in [1.54, 1.807) is 8.61 Å². The van der Waals surface area contributed by atoms with Gasteiger partial charge in [0, 0.05) is 32.2 Å². The van der Waals surface area contributed by atoms with Gasteiger partial charge in [-0.05, 0) is 38.1 Å². The minimum absolute atomic E-state index is 0.484. The standard InChI is InChI=1S/C13H27N3O2S/c1-3-14-13-6-10-16(11-7-13)19(17,18)15-8-4-12(2)5-9-15/h12-14H,3-11H2,1-2H3. The molecule has 0 spiro atoms. The first-order valence-electron chi connectivity index (χ1n) is 7.52. The van der Waals surface area contributed by atoms with Gasteiger partial charge in [0.2, 0.25) is 0 Å². The van der Waals surface area contributed by atoms with Crippen LogP contribution in [0.25, 0.3) is 0 Å². The minimum atomic E-state index is -3.21. The molecule has 2 aliphatic rings. The molecule has 0 aromatic rings. The van der Waals surface area contributed by atoms with Crippen molar-refractivity contribution < 1.29 is 8.42 Å². The molecule has 5 nitrogen and oxygen atoms in total. The van der Waals surface area contributed by atoms with Gasteiger partial charge in [0.25, 0.3) is 10.2 Å². The summed E-state index contributed by atoms with van der Waals surface area (Å²) in [6.45, 7) is 7.96. The molecule has 2 saturated heterocycles. The van der Waals surface area contributed by atoms with Gasteiger partial charge >= 0.3 is 0 Å². The SMILES string of the molecule is CCNC1CCN(S(=O)(=O)N2CCC(C)CC2)CC1. The van der Waals surface area contributed by atoms with Crippen LogP contribution in [-0.4, -0.2) is 55.8 Å². The maximum Gasteiger partial charge on any atom is 0.281 e. The van der Waals surface area contributed by atoms with Crippen molar-refractivity contribution in [3.8, 4) is 0 Å². The number of rotatable bonds is 4. The van der Waals surface area contributed by atoms with E-state index >= 15 is 0 Å². The van der Waals surface area contributed by atoms with Crippen molar-refractivity contribution in [2.75, 3.05) is 32.7 Å². The van der Waals surface area contributed by atoms with Crippen molar-refractivity contribution in [3.05, 3.63) is 0 Å². The van der Waals surface area contributed by atoms with E-state index in [0.29, 0.717) is 38.1 Å². The second-order valence-corrected chi connectivity index (χ2v) is 7.75. The van der Waals surface area contributed by atoms with Crippen LogP contribution in [0.15, 0.2) is 0 Å². The molecule has 19 heavy (non-hydrogen) atoms. The lowest BCUT2D eigenvalue weighted by atomic mass is 10.0. The number of hydrogen-bond donors (Lipinski definition) is 1. The Morgan fingerprint density at radius 1 is 1.00 bits per heavy atom. The molecule has 2 aliphatic heterocycles. The molecule has 2 heterocycles. The molecule has 2 fully saturated rings. The largest absolute Gasteiger partial charge is 0.314 e. The fraction of sp³-hybridized carbons (Fsp3) is 1.00. The van der Waals surface area contributed by atoms with Crippen LogP contribution < -0.4 is 5.32 Å². The number of piperidine rings is 2. The van der Waals surface area contributed by atoms with E-state index < -0.39 is 10.2 Å². The van der Waals surface area contributed by atoms with Crippen LogP contribution in [0, 0.1) is 5.92 Å². The number of nitrogens with zero attached hydrogens (tertiary/aromatic N) is 2. The summed E-state index contributed by atoms with van der Waals surface area (Å²) in [5.74, 6) is 0.658. The third-order valence-electron chi connectivity index (χ3n) is 4.34. The summed E-state index contributed by atoms with van der Waals surface area (Å²) in [5.41, 5.74) is 0. The first kappa shape index (κ1) is 15.2. The molecule has 0 aromatic heterocycles. The maximum absolute atomic E-state index is 12.5. The van der Waals surface area contributed by atoms with Crippen LogP contribution in [0.3, 0.4) is 0 Å². The second kappa shape index (κ2) is 6.52. The van der Waals surface area contributed by atoms with Crippen molar-refractivity contribution in [1.29, 1.82) is 0 Å². The van der Waals surface area contributed by atoms with Crippen LogP contribution >= 0.6 is 0 Å². The zero-order chi connectivity index (χ0) is 13.9. The number of nitrogens with one attached hydrogen (secondary N) is 1. The lowest BCUT2D eigenvalue weighted by molar-refractivity contribution is 0.240. The molecule has 0 atom stereocenters. The van der Waals surface area contributed by atoms with Crippen LogP contribution in [0.1, 0.15) is 39.5 Å². The quantitative estimate of drug-likeness (QED) is 0.841. The molecule has 112 valence electrons. The zero-order valence-corrected chi connectivity index (χ0v) is 13.0. The lowest BCUT2D eigenvalue weighted by Gasteiger charge is -2.37. The Balaban J connectivity index is 1.90. The zero-order valence-electron chi connectivity index (χ0n) is 12.1. The Labute approximate surface area is 117 Å². The number of hydrogen-bond acceptors (Lipinski definition) is 3. The monoisotopic (exact) mass is 289 g/mol. The third-order valence-corrected chi connectivity index (χ3v) is 6.38. The van der Waals surface area contributed by atoms with Gasteiger partial charge in [-0.1, -0.05) is 13.8 Å². The van der Waals surface area contributed by atoms with E-state index in [2.05, 4.69) is 19.2 Å². The molecule has 0 unspecified atom stereocenters. The molecular weight excluding hydrogens is 262 g/mol. The van der Waals surface area contributed by atoms with E-state index in [1.165, 1.54) is 0 Å². The average Bonchev–Trinajstić information content (AvgIpc) is 2.40. The molecule has 0 amide bonds. The molecular formula is C13H27N3O2S. The van der Waals surface area contributed by atoms with E-state index in [0.717, 1.165) is 32.2 Å². The van der Waals surface area contributed by atoms with Gasteiger partial charge in [0.15, 0.2) is 0 Å². The van der Waals surface area contributed by atoms with Crippen molar-refractivity contribution in [2.45, 2.75) is 45.6 Å². The molecule has 0 bridgehead atoms. The Kier molecular flexibility index (Phi) is 5.22. The van der Waals surface area contributed by atoms with E-state index in [1.807, 2.05) is 0 Å². The highest BCUT2D eigenvalue weighted by molar-refractivity contribution is 7.86. The summed E-state index contributed by atoms with van der Waals surface area (Å²) in [4.78, 5) is 0. The maximum atomic E-state index is 12.5. The van der Waals surface area contributed by atoms with Crippen molar-refractivity contribution in [1.82, 2.24) is 13.9 Å². The van der Waals surface area contributed by atoms with Crippen molar-refractivity contribution in [3.63, 3.8) is 0 Å². The van der Waals surface area contributed by atoms with Crippen molar-refractivity contribution >= 4 is 10.2 Å². The van der Waals surface area contributed by atoms with Crippen LogP contribution in [-0.2, 0) is 10.2 Å². The van der Waals surface area contributed by atoms with Gasteiger partial charge in [0.05, 0.1) is 0 Å². The van der Waals surface area contributed by atoms with Crippen molar-refractivity contribution in [2.24, 2.45) is 5.92 Å². The van der Waals surface area contributed by atoms with Gasteiger partial charge in [-0.3, -0.25) is 0 Å². The summed E-state index contributed by atoms with van der Waals surface area (Å²) in [6, 6.07) is 0.484. The van der Waals surface area contributed by atoms with Crippen LogP contribution in [0.2, 0.25) is 0 Å².